The van der Waals surface area contributed by atoms with Gasteiger partial charge in [-0.3, -0.25) is 9.89 Å². The average Bonchev–Trinajstić information content (AvgIpc) is 3.52. The number of aromatic nitrogens is 2. The van der Waals surface area contributed by atoms with Gasteiger partial charge in [-0.1, -0.05) is 12.1 Å². The summed E-state index contributed by atoms with van der Waals surface area (Å²) >= 11 is 1.59. The summed E-state index contributed by atoms with van der Waals surface area (Å²) in [6.07, 6.45) is 2.24. The summed E-state index contributed by atoms with van der Waals surface area (Å²) in [5.41, 5.74) is 2.10. The fourth-order valence-corrected chi connectivity index (χ4v) is 3.86. The Balaban J connectivity index is 1.34. The number of nitrogens with one attached hydrogen (secondary N) is 2. The lowest BCUT2D eigenvalue weighted by Crippen LogP contribution is -2.23. The van der Waals surface area contributed by atoms with E-state index in [0.717, 1.165) is 35.6 Å². The molecule has 1 aliphatic rings. The Hall–Kier alpha value is -2.84. The smallest absolute Gasteiger partial charge is 0.272 e. The van der Waals surface area contributed by atoms with Crippen LogP contribution >= 0.6 is 11.3 Å². The highest BCUT2D eigenvalue weighted by Gasteiger charge is 2.17. The van der Waals surface area contributed by atoms with Crippen molar-refractivity contribution in [2.24, 2.45) is 0 Å². The largest absolute Gasteiger partial charge is 0.493 e. The molecule has 1 amide bonds. The molecule has 0 radical (unpaired) electrons. The first-order valence-corrected chi connectivity index (χ1v) is 10.4. The third-order valence-electron chi connectivity index (χ3n) is 4.73. The SMILES string of the molecule is COc1cc(CNC(=O)c2cc(-c3cccs3)[nH]n2)ccc1OCC1CCCO1. The first-order valence-electron chi connectivity index (χ1n) is 9.52. The molecule has 0 spiro atoms. The molecule has 1 aromatic carbocycles. The van der Waals surface area contributed by atoms with E-state index in [-0.39, 0.29) is 12.0 Å². The van der Waals surface area contributed by atoms with Gasteiger partial charge in [-0.25, -0.2) is 0 Å². The molecule has 1 atom stereocenters. The number of hydrogen-bond acceptors (Lipinski definition) is 6. The predicted molar refractivity (Wildman–Crippen MR) is 111 cm³/mol. The number of nitrogens with zero attached hydrogens (tertiary/aromatic N) is 1. The number of rotatable bonds is 8. The van der Waals surface area contributed by atoms with Crippen molar-refractivity contribution in [1.29, 1.82) is 0 Å². The first-order chi connectivity index (χ1) is 14.2. The molecule has 3 aromatic rings. The fraction of sp³-hybridized carbons (Fsp3) is 0.333. The van der Waals surface area contributed by atoms with E-state index in [4.69, 9.17) is 14.2 Å². The van der Waals surface area contributed by atoms with E-state index in [0.29, 0.717) is 30.3 Å². The molecule has 1 aliphatic heterocycles. The van der Waals surface area contributed by atoms with Crippen LogP contribution in [0.4, 0.5) is 0 Å². The molecular formula is C21H23N3O4S. The molecule has 8 heteroatoms. The number of aromatic amines is 1. The second kappa shape index (κ2) is 9.11. The molecule has 7 nitrogen and oxygen atoms in total. The van der Waals surface area contributed by atoms with Gasteiger partial charge in [-0.15, -0.1) is 11.3 Å². The molecule has 0 bridgehead atoms. The van der Waals surface area contributed by atoms with Crippen LogP contribution in [0.3, 0.4) is 0 Å². The summed E-state index contributed by atoms with van der Waals surface area (Å²) in [6, 6.07) is 11.3. The van der Waals surface area contributed by atoms with E-state index < -0.39 is 0 Å². The lowest BCUT2D eigenvalue weighted by atomic mass is 10.2. The summed E-state index contributed by atoms with van der Waals surface area (Å²) in [5, 5.41) is 11.9. The van der Waals surface area contributed by atoms with Gasteiger partial charge >= 0.3 is 0 Å². The van der Waals surface area contributed by atoms with Gasteiger partial charge in [0.1, 0.15) is 6.61 Å². The van der Waals surface area contributed by atoms with Crippen molar-refractivity contribution in [2.45, 2.75) is 25.5 Å². The minimum Gasteiger partial charge on any atom is -0.493 e. The summed E-state index contributed by atoms with van der Waals surface area (Å²) in [5.74, 6) is 1.07. The minimum atomic E-state index is -0.235. The monoisotopic (exact) mass is 413 g/mol. The van der Waals surface area contributed by atoms with Crippen molar-refractivity contribution in [3.05, 3.63) is 53.0 Å². The van der Waals surface area contributed by atoms with E-state index in [1.54, 1.807) is 24.5 Å². The number of benzene rings is 1. The second-order valence-corrected chi connectivity index (χ2v) is 7.71. The van der Waals surface area contributed by atoms with Gasteiger partial charge < -0.3 is 19.5 Å². The van der Waals surface area contributed by atoms with Gasteiger partial charge in [0, 0.05) is 13.2 Å². The molecule has 3 heterocycles. The number of ether oxygens (including phenoxy) is 3. The van der Waals surface area contributed by atoms with Crippen molar-refractivity contribution in [2.75, 3.05) is 20.3 Å². The standard InChI is InChI=1S/C21H23N3O4S/c1-26-19-10-14(6-7-18(19)28-13-15-4-2-8-27-15)12-22-21(25)17-11-16(23-24-17)20-5-3-9-29-20/h3,5-7,9-11,15H,2,4,8,12-13H2,1H3,(H,22,25)(H,23,24). The van der Waals surface area contributed by atoms with E-state index in [2.05, 4.69) is 15.5 Å². The van der Waals surface area contributed by atoms with Crippen molar-refractivity contribution in [3.8, 4) is 22.1 Å². The Morgan fingerprint density at radius 1 is 1.34 bits per heavy atom. The van der Waals surface area contributed by atoms with Crippen LogP contribution in [-0.2, 0) is 11.3 Å². The van der Waals surface area contributed by atoms with E-state index >= 15 is 0 Å². The molecular weight excluding hydrogens is 390 g/mol. The van der Waals surface area contributed by atoms with Crippen molar-refractivity contribution >= 4 is 17.2 Å². The third kappa shape index (κ3) is 4.78. The van der Waals surface area contributed by atoms with Gasteiger partial charge in [-0.2, -0.15) is 5.10 Å². The Morgan fingerprint density at radius 2 is 2.28 bits per heavy atom. The highest BCUT2D eigenvalue weighted by Crippen LogP contribution is 2.29. The van der Waals surface area contributed by atoms with Crippen LogP contribution in [0, 0.1) is 0 Å². The average molecular weight is 413 g/mol. The molecule has 4 rings (SSSR count). The first kappa shape index (κ1) is 19.5. The number of carbonyl (C=O) groups is 1. The highest BCUT2D eigenvalue weighted by molar-refractivity contribution is 7.13. The van der Waals surface area contributed by atoms with Crippen LogP contribution < -0.4 is 14.8 Å². The highest BCUT2D eigenvalue weighted by atomic mass is 32.1. The van der Waals surface area contributed by atoms with Crippen molar-refractivity contribution < 1.29 is 19.0 Å². The maximum absolute atomic E-state index is 12.4. The number of methoxy groups -OCH3 is 1. The Bertz CT molecular complexity index is 949. The molecule has 0 saturated carbocycles. The fourth-order valence-electron chi connectivity index (χ4n) is 3.17. The molecule has 0 aliphatic carbocycles. The number of amides is 1. The molecule has 2 aromatic heterocycles. The van der Waals surface area contributed by atoms with Gasteiger partial charge in [0.25, 0.3) is 5.91 Å². The Morgan fingerprint density at radius 3 is 3.03 bits per heavy atom. The third-order valence-corrected chi connectivity index (χ3v) is 5.63. The van der Waals surface area contributed by atoms with E-state index in [1.807, 2.05) is 35.7 Å². The predicted octanol–water partition coefficient (Wildman–Crippen LogP) is 3.63. The molecule has 1 fully saturated rings. The number of hydrogen-bond donors (Lipinski definition) is 2. The van der Waals surface area contributed by atoms with Crippen LogP contribution in [0.15, 0.2) is 41.8 Å². The lowest BCUT2D eigenvalue weighted by molar-refractivity contribution is 0.0669. The second-order valence-electron chi connectivity index (χ2n) is 6.76. The molecule has 152 valence electrons. The topological polar surface area (TPSA) is 85.5 Å². The molecule has 29 heavy (non-hydrogen) atoms. The zero-order chi connectivity index (χ0) is 20.1. The summed E-state index contributed by atoms with van der Waals surface area (Å²) < 4.78 is 16.9. The Labute approximate surface area is 173 Å². The van der Waals surface area contributed by atoms with Gasteiger partial charge in [-0.05, 0) is 48.1 Å². The zero-order valence-electron chi connectivity index (χ0n) is 16.1. The van der Waals surface area contributed by atoms with Gasteiger partial charge in [0.15, 0.2) is 17.2 Å². The Kier molecular flexibility index (Phi) is 6.12. The number of carbonyl (C=O) groups excluding carboxylic acids is 1. The van der Waals surface area contributed by atoms with Crippen LogP contribution in [0.1, 0.15) is 28.9 Å². The van der Waals surface area contributed by atoms with E-state index in [9.17, 15) is 4.79 Å². The molecule has 2 N–H and O–H groups in total. The number of thiophene rings is 1. The maximum Gasteiger partial charge on any atom is 0.272 e. The number of H-pyrrole nitrogens is 1. The molecule has 1 unspecified atom stereocenters. The molecule has 1 saturated heterocycles. The van der Waals surface area contributed by atoms with Crippen molar-refractivity contribution in [3.63, 3.8) is 0 Å². The lowest BCUT2D eigenvalue weighted by Gasteiger charge is -2.15. The van der Waals surface area contributed by atoms with Crippen LogP contribution in [0.2, 0.25) is 0 Å². The summed E-state index contributed by atoms with van der Waals surface area (Å²) in [6.45, 7) is 1.68. The summed E-state index contributed by atoms with van der Waals surface area (Å²) in [7, 11) is 1.60. The quantitative estimate of drug-likeness (QED) is 0.589. The van der Waals surface area contributed by atoms with Crippen LogP contribution in [0.25, 0.3) is 10.6 Å². The summed E-state index contributed by atoms with van der Waals surface area (Å²) in [4.78, 5) is 13.5. The van der Waals surface area contributed by atoms with Crippen LogP contribution in [0.5, 0.6) is 11.5 Å². The minimum absolute atomic E-state index is 0.145. The normalized spacial score (nSPS) is 16.0. The van der Waals surface area contributed by atoms with E-state index in [1.165, 1.54) is 0 Å². The zero-order valence-corrected chi connectivity index (χ0v) is 17.0. The van der Waals surface area contributed by atoms with Gasteiger partial charge in [0.2, 0.25) is 0 Å². The van der Waals surface area contributed by atoms with Crippen molar-refractivity contribution in [1.82, 2.24) is 15.5 Å². The maximum atomic E-state index is 12.4. The van der Waals surface area contributed by atoms with Gasteiger partial charge in [0.05, 0.1) is 23.8 Å². The van der Waals surface area contributed by atoms with Crippen LogP contribution in [-0.4, -0.2) is 42.5 Å².